The molecule has 3 heteroatoms. The Kier molecular flexibility index (Phi) is 4.95. The first kappa shape index (κ1) is 7.88. The highest BCUT2D eigenvalue weighted by atomic mass is 15.3. The molecule has 3 N–H and O–H groups in total. The van der Waals surface area contributed by atoms with Crippen molar-refractivity contribution in [3.8, 4) is 0 Å². The Hall–Kier alpha value is -0.120. The van der Waals surface area contributed by atoms with E-state index in [1.165, 1.54) is 6.42 Å². The van der Waals surface area contributed by atoms with E-state index in [1.807, 2.05) is 7.05 Å². The van der Waals surface area contributed by atoms with Crippen molar-refractivity contribution in [2.24, 2.45) is 5.84 Å². The van der Waals surface area contributed by atoms with E-state index in [1.54, 1.807) is 0 Å². The Morgan fingerprint density at radius 2 is 2.25 bits per heavy atom. The summed E-state index contributed by atoms with van der Waals surface area (Å²) < 4.78 is 0. The molecule has 0 aliphatic rings. The van der Waals surface area contributed by atoms with Gasteiger partial charge in [0.25, 0.3) is 0 Å². The molecule has 0 bridgehead atoms. The van der Waals surface area contributed by atoms with Gasteiger partial charge in [-0.25, -0.2) is 5.43 Å². The molecule has 0 saturated heterocycles. The molecular weight excluding hydrogens is 102 g/mol. The van der Waals surface area contributed by atoms with Gasteiger partial charge in [-0.3, -0.25) is 10.7 Å². The number of nitrogens with one attached hydrogen (secondary N) is 1. The molecule has 0 aliphatic carbocycles. The van der Waals surface area contributed by atoms with Crippen LogP contribution in [0.15, 0.2) is 0 Å². The number of nitrogens with two attached hydrogens (primary N) is 1. The van der Waals surface area contributed by atoms with Crippen LogP contribution in [0.3, 0.4) is 0 Å². The van der Waals surface area contributed by atoms with Gasteiger partial charge in [0.15, 0.2) is 0 Å². The highest BCUT2D eigenvalue weighted by Crippen LogP contribution is 1.80. The van der Waals surface area contributed by atoms with Gasteiger partial charge in [-0.05, 0) is 20.0 Å². The first-order valence-electron chi connectivity index (χ1n) is 2.93. The van der Waals surface area contributed by atoms with Crippen molar-refractivity contribution in [2.75, 3.05) is 20.3 Å². The van der Waals surface area contributed by atoms with Crippen molar-refractivity contribution in [2.45, 2.75) is 13.3 Å². The third-order valence-electron chi connectivity index (χ3n) is 0.967. The molecule has 0 radical (unpaired) electrons. The number of hydrogen-bond acceptors (Lipinski definition) is 3. The van der Waals surface area contributed by atoms with Crippen LogP contribution in [0.2, 0.25) is 0 Å². The van der Waals surface area contributed by atoms with Gasteiger partial charge in [0.2, 0.25) is 0 Å². The van der Waals surface area contributed by atoms with Gasteiger partial charge < -0.3 is 0 Å². The highest BCUT2D eigenvalue weighted by molar-refractivity contribution is 4.42. The van der Waals surface area contributed by atoms with E-state index in [4.69, 9.17) is 5.84 Å². The van der Waals surface area contributed by atoms with Crippen LogP contribution in [0.25, 0.3) is 0 Å². The van der Waals surface area contributed by atoms with Gasteiger partial charge >= 0.3 is 0 Å². The molecule has 0 saturated carbocycles. The summed E-state index contributed by atoms with van der Waals surface area (Å²) in [5.74, 6) is 5.07. The molecule has 8 heavy (non-hydrogen) atoms. The van der Waals surface area contributed by atoms with Crippen molar-refractivity contribution in [1.82, 2.24) is 10.3 Å². The minimum atomic E-state index is 0.772. The smallest absolute Gasteiger partial charge is 0.0609 e. The largest absolute Gasteiger partial charge is 0.293 e. The van der Waals surface area contributed by atoms with Crippen LogP contribution >= 0.6 is 0 Å². The molecule has 0 spiro atoms. The number of hydrazine groups is 1. The van der Waals surface area contributed by atoms with Crippen LogP contribution in [0, 0.1) is 0 Å². The molecule has 0 aromatic rings. The molecule has 3 nitrogen and oxygen atoms in total. The van der Waals surface area contributed by atoms with Gasteiger partial charge in [0.1, 0.15) is 0 Å². The zero-order valence-electron chi connectivity index (χ0n) is 5.65. The maximum atomic E-state index is 5.07. The van der Waals surface area contributed by atoms with Gasteiger partial charge in [-0.15, -0.1) is 0 Å². The quantitative estimate of drug-likeness (QED) is 0.303. The fourth-order valence-electron chi connectivity index (χ4n) is 0.617. The Morgan fingerprint density at radius 1 is 1.62 bits per heavy atom. The molecule has 0 heterocycles. The van der Waals surface area contributed by atoms with Crippen molar-refractivity contribution in [1.29, 1.82) is 0 Å². The minimum Gasteiger partial charge on any atom is -0.293 e. The number of hydrogen-bond donors (Lipinski definition) is 2. The summed E-state index contributed by atoms with van der Waals surface area (Å²) >= 11 is 0. The molecule has 0 amide bonds. The highest BCUT2D eigenvalue weighted by Gasteiger charge is 1.89. The first-order chi connectivity index (χ1) is 3.81. The fraction of sp³-hybridized carbons (Fsp3) is 1.00. The van der Waals surface area contributed by atoms with Gasteiger partial charge in [0, 0.05) is 0 Å². The molecule has 0 unspecified atom stereocenters. The Balaban J connectivity index is 2.92. The lowest BCUT2D eigenvalue weighted by atomic mass is 10.5. The number of nitrogens with zero attached hydrogens (tertiary/aromatic N) is 1. The third-order valence-corrected chi connectivity index (χ3v) is 0.967. The minimum absolute atomic E-state index is 0.772. The van der Waals surface area contributed by atoms with Crippen molar-refractivity contribution in [3.63, 3.8) is 0 Å². The Labute approximate surface area is 50.8 Å². The van der Waals surface area contributed by atoms with Gasteiger partial charge in [-0.1, -0.05) is 6.92 Å². The summed E-state index contributed by atoms with van der Waals surface area (Å²) in [6.45, 7) is 4.02. The van der Waals surface area contributed by atoms with E-state index < -0.39 is 0 Å². The molecule has 0 atom stereocenters. The molecule has 0 fully saturated rings. The van der Waals surface area contributed by atoms with Gasteiger partial charge in [-0.2, -0.15) is 0 Å². The normalized spacial score (nSPS) is 10.5. The van der Waals surface area contributed by atoms with Crippen LogP contribution < -0.4 is 11.3 Å². The van der Waals surface area contributed by atoms with Gasteiger partial charge in [0.05, 0.1) is 6.67 Å². The van der Waals surface area contributed by atoms with Crippen LogP contribution in [0.5, 0.6) is 0 Å². The Bertz CT molecular complexity index is 40.9. The zero-order chi connectivity index (χ0) is 6.41. The first-order valence-corrected chi connectivity index (χ1v) is 2.93. The molecule has 0 aliphatic heterocycles. The van der Waals surface area contributed by atoms with Crippen LogP contribution in [0.1, 0.15) is 13.3 Å². The van der Waals surface area contributed by atoms with Crippen molar-refractivity contribution < 1.29 is 0 Å². The maximum Gasteiger partial charge on any atom is 0.0609 e. The second kappa shape index (κ2) is 5.03. The monoisotopic (exact) mass is 117 g/mol. The van der Waals surface area contributed by atoms with Crippen molar-refractivity contribution >= 4 is 0 Å². The summed E-state index contributed by atoms with van der Waals surface area (Å²) in [5, 5.41) is 0. The predicted octanol–water partition coefficient (Wildman–Crippen LogP) is -0.251. The van der Waals surface area contributed by atoms with E-state index in [9.17, 15) is 0 Å². The lowest BCUT2D eigenvalue weighted by Crippen LogP contribution is -2.35. The molecule has 0 rings (SSSR count). The molecule has 0 aromatic carbocycles. The molecular formula is C5H15N3. The summed E-state index contributed by atoms with van der Waals surface area (Å²) in [5.41, 5.74) is 2.58. The topological polar surface area (TPSA) is 41.3 Å². The second-order valence-electron chi connectivity index (χ2n) is 1.94. The third kappa shape index (κ3) is 4.05. The average Bonchev–Trinajstić information content (AvgIpc) is 1.68. The van der Waals surface area contributed by atoms with Crippen LogP contribution in [0.4, 0.5) is 0 Å². The SMILES string of the molecule is CCCN(C)CNN. The summed E-state index contributed by atoms with van der Waals surface area (Å²) in [4.78, 5) is 2.12. The average molecular weight is 117 g/mol. The van der Waals surface area contributed by atoms with E-state index in [0.717, 1.165) is 13.2 Å². The summed E-state index contributed by atoms with van der Waals surface area (Å²) in [6.07, 6.45) is 1.18. The fourth-order valence-corrected chi connectivity index (χ4v) is 0.617. The van der Waals surface area contributed by atoms with Crippen LogP contribution in [-0.4, -0.2) is 25.2 Å². The van der Waals surface area contributed by atoms with E-state index in [-0.39, 0.29) is 0 Å². The molecule has 50 valence electrons. The standard InChI is InChI=1S/C5H15N3/c1-3-4-8(2)5-7-6/h7H,3-6H2,1-2H3. The lowest BCUT2D eigenvalue weighted by molar-refractivity contribution is 0.309. The lowest BCUT2D eigenvalue weighted by Gasteiger charge is -2.13. The second-order valence-corrected chi connectivity index (χ2v) is 1.94. The molecule has 0 aromatic heterocycles. The van der Waals surface area contributed by atoms with E-state index >= 15 is 0 Å². The van der Waals surface area contributed by atoms with Crippen molar-refractivity contribution in [3.05, 3.63) is 0 Å². The van der Waals surface area contributed by atoms with E-state index in [2.05, 4.69) is 17.2 Å². The Morgan fingerprint density at radius 3 is 2.62 bits per heavy atom. The van der Waals surface area contributed by atoms with E-state index in [0.29, 0.717) is 0 Å². The van der Waals surface area contributed by atoms with Crippen LogP contribution in [-0.2, 0) is 0 Å². The zero-order valence-corrected chi connectivity index (χ0v) is 5.65. The predicted molar refractivity (Wildman–Crippen MR) is 35.1 cm³/mol. The number of rotatable bonds is 4. The maximum absolute atomic E-state index is 5.07. The summed E-state index contributed by atoms with van der Waals surface area (Å²) in [7, 11) is 2.03. The summed E-state index contributed by atoms with van der Waals surface area (Å²) in [6, 6.07) is 0.